The van der Waals surface area contributed by atoms with Crippen LogP contribution >= 0.6 is 0 Å². The molecule has 8 nitrogen and oxygen atoms in total. The molecule has 6 rings (SSSR count). The van der Waals surface area contributed by atoms with Gasteiger partial charge in [0.25, 0.3) is 0 Å². The van der Waals surface area contributed by atoms with Crippen LogP contribution < -0.4 is 10.4 Å². The Kier molecular flexibility index (Phi) is 8.61. The molecule has 0 radical (unpaired) electrons. The Morgan fingerprint density at radius 2 is 1.67 bits per heavy atom. The van der Waals surface area contributed by atoms with Crippen molar-refractivity contribution >= 4 is 16.9 Å². The molecular formula is C34H40FN5O3. The lowest BCUT2D eigenvalue weighted by molar-refractivity contribution is -0.138. The summed E-state index contributed by atoms with van der Waals surface area (Å²) in [5, 5.41) is 0. The number of benzene rings is 2. The molecule has 4 heterocycles. The van der Waals surface area contributed by atoms with Crippen molar-refractivity contribution in [3.05, 3.63) is 94.4 Å². The van der Waals surface area contributed by atoms with E-state index in [1.54, 1.807) is 16.7 Å². The molecule has 0 saturated carbocycles. The van der Waals surface area contributed by atoms with E-state index in [0.29, 0.717) is 38.0 Å². The van der Waals surface area contributed by atoms with E-state index in [-0.39, 0.29) is 29.4 Å². The van der Waals surface area contributed by atoms with Gasteiger partial charge in [0.2, 0.25) is 5.91 Å². The van der Waals surface area contributed by atoms with Gasteiger partial charge >= 0.3 is 5.69 Å². The Morgan fingerprint density at radius 3 is 2.37 bits per heavy atom. The van der Waals surface area contributed by atoms with Gasteiger partial charge in [0.1, 0.15) is 18.2 Å². The number of halogens is 1. The zero-order chi connectivity index (χ0) is 29.9. The number of ether oxygens (including phenoxy) is 1. The third kappa shape index (κ3) is 6.22. The average molecular weight is 586 g/mol. The smallest absolute Gasteiger partial charge is 0.329 e. The van der Waals surface area contributed by atoms with Gasteiger partial charge < -0.3 is 9.64 Å². The van der Waals surface area contributed by atoms with Crippen molar-refractivity contribution in [2.75, 3.05) is 32.8 Å². The molecule has 0 N–H and O–H groups in total. The summed E-state index contributed by atoms with van der Waals surface area (Å²) in [6.45, 7) is 8.09. The molecule has 4 aromatic rings. The van der Waals surface area contributed by atoms with Crippen LogP contribution in [0.1, 0.15) is 55.9 Å². The van der Waals surface area contributed by atoms with E-state index >= 15 is 0 Å². The second kappa shape index (κ2) is 12.7. The number of rotatable bonds is 8. The van der Waals surface area contributed by atoms with Gasteiger partial charge in [0, 0.05) is 43.0 Å². The number of imidazole rings is 1. The summed E-state index contributed by atoms with van der Waals surface area (Å²) in [5.41, 5.74) is 4.03. The summed E-state index contributed by atoms with van der Waals surface area (Å²) < 4.78 is 22.7. The molecule has 0 bridgehead atoms. The molecule has 2 aliphatic heterocycles. The molecule has 0 spiro atoms. The van der Waals surface area contributed by atoms with Gasteiger partial charge in [0.15, 0.2) is 0 Å². The monoisotopic (exact) mass is 585 g/mol. The summed E-state index contributed by atoms with van der Waals surface area (Å²) in [6, 6.07) is 18.3. The molecule has 0 aliphatic carbocycles. The summed E-state index contributed by atoms with van der Waals surface area (Å²) >= 11 is 0. The van der Waals surface area contributed by atoms with Crippen molar-refractivity contribution in [1.29, 1.82) is 0 Å². The number of carbonyl (C=O) groups excluding carboxylic acids is 1. The van der Waals surface area contributed by atoms with Crippen LogP contribution in [0.15, 0.2) is 71.7 Å². The van der Waals surface area contributed by atoms with Gasteiger partial charge in [-0.1, -0.05) is 12.1 Å². The van der Waals surface area contributed by atoms with Crippen LogP contribution in [0.5, 0.6) is 5.75 Å². The van der Waals surface area contributed by atoms with Crippen molar-refractivity contribution in [2.45, 2.75) is 58.2 Å². The van der Waals surface area contributed by atoms with Crippen LogP contribution in [0.3, 0.4) is 0 Å². The zero-order valence-electron chi connectivity index (χ0n) is 25.0. The molecule has 1 atom stereocenters. The van der Waals surface area contributed by atoms with Gasteiger partial charge in [-0.15, -0.1) is 0 Å². The van der Waals surface area contributed by atoms with E-state index in [4.69, 9.17) is 4.74 Å². The minimum absolute atomic E-state index is 0.0345. The second-order valence-electron chi connectivity index (χ2n) is 11.9. The van der Waals surface area contributed by atoms with Gasteiger partial charge in [0.05, 0.1) is 17.6 Å². The molecular weight excluding hydrogens is 545 g/mol. The number of hydrogen-bond acceptors (Lipinski definition) is 5. The quantitative estimate of drug-likeness (QED) is 0.278. The number of nitrogens with zero attached hydrogens (tertiary/aromatic N) is 5. The van der Waals surface area contributed by atoms with Gasteiger partial charge in [-0.05, 0) is 107 Å². The lowest BCUT2D eigenvalue weighted by Gasteiger charge is -2.39. The fourth-order valence-corrected chi connectivity index (χ4v) is 6.76. The summed E-state index contributed by atoms with van der Waals surface area (Å²) in [5.74, 6) is 0.578. The van der Waals surface area contributed by atoms with E-state index in [0.717, 1.165) is 55.5 Å². The number of aromatic nitrogens is 3. The molecule has 226 valence electrons. The van der Waals surface area contributed by atoms with Crippen LogP contribution in [0.4, 0.5) is 4.39 Å². The maximum absolute atomic E-state index is 13.7. The fraction of sp³-hybridized carbons (Fsp3) is 0.441. The molecule has 43 heavy (non-hydrogen) atoms. The van der Waals surface area contributed by atoms with Crippen molar-refractivity contribution < 1.29 is 13.9 Å². The number of para-hydroxylation sites is 2. The SMILES string of the molecule is Cc1cc(C(C)N2CCC(C(=O)N3CCC(n4c(=O)n(CCOc5ccc(F)cc5)c5ccccc54)CC3)CC2)ccn1. The topological polar surface area (TPSA) is 72.6 Å². The molecule has 2 aliphatic rings. The van der Waals surface area contributed by atoms with Crippen molar-refractivity contribution in [3.63, 3.8) is 0 Å². The summed E-state index contributed by atoms with van der Waals surface area (Å²) in [6.07, 6.45) is 5.13. The third-order valence-electron chi connectivity index (χ3n) is 9.24. The molecule has 2 fully saturated rings. The number of piperidine rings is 2. The highest BCUT2D eigenvalue weighted by Crippen LogP contribution is 2.30. The van der Waals surface area contributed by atoms with Crippen LogP contribution in [-0.4, -0.2) is 62.6 Å². The number of aryl methyl sites for hydroxylation is 1. The van der Waals surface area contributed by atoms with E-state index in [1.165, 1.54) is 17.7 Å². The summed E-state index contributed by atoms with van der Waals surface area (Å²) in [7, 11) is 0. The molecule has 9 heteroatoms. The van der Waals surface area contributed by atoms with E-state index in [1.807, 2.05) is 46.9 Å². The molecule has 1 amide bonds. The van der Waals surface area contributed by atoms with Gasteiger partial charge in [-0.25, -0.2) is 9.18 Å². The number of pyridine rings is 1. The third-order valence-corrected chi connectivity index (χ3v) is 9.24. The fourth-order valence-electron chi connectivity index (χ4n) is 6.76. The first-order valence-corrected chi connectivity index (χ1v) is 15.4. The highest BCUT2D eigenvalue weighted by atomic mass is 19.1. The largest absolute Gasteiger partial charge is 0.492 e. The molecule has 1 unspecified atom stereocenters. The van der Waals surface area contributed by atoms with Crippen LogP contribution in [0, 0.1) is 18.7 Å². The van der Waals surface area contributed by atoms with Crippen LogP contribution in [0.25, 0.3) is 11.0 Å². The second-order valence-corrected chi connectivity index (χ2v) is 11.9. The Hall–Kier alpha value is -3.98. The Bertz CT molecular complexity index is 1620. The van der Waals surface area contributed by atoms with E-state index in [2.05, 4.69) is 28.9 Å². The van der Waals surface area contributed by atoms with Crippen molar-refractivity contribution in [2.24, 2.45) is 5.92 Å². The lowest BCUT2D eigenvalue weighted by atomic mass is 9.92. The van der Waals surface area contributed by atoms with Crippen molar-refractivity contribution in [3.8, 4) is 5.75 Å². The van der Waals surface area contributed by atoms with E-state index < -0.39 is 0 Å². The highest BCUT2D eigenvalue weighted by molar-refractivity contribution is 5.79. The average Bonchev–Trinajstić information content (AvgIpc) is 3.32. The normalized spacial score (nSPS) is 17.8. The van der Waals surface area contributed by atoms with E-state index in [9.17, 15) is 14.0 Å². The Balaban J connectivity index is 1.06. The summed E-state index contributed by atoms with van der Waals surface area (Å²) in [4.78, 5) is 36.0. The minimum Gasteiger partial charge on any atom is -0.492 e. The molecule has 2 aromatic heterocycles. The number of fused-ring (bicyclic) bond motifs is 1. The number of carbonyl (C=O) groups is 1. The van der Waals surface area contributed by atoms with Crippen molar-refractivity contribution in [1.82, 2.24) is 23.9 Å². The lowest BCUT2D eigenvalue weighted by Crippen LogP contribution is -2.46. The first-order valence-electron chi connectivity index (χ1n) is 15.4. The molecule has 2 aromatic carbocycles. The first kappa shape index (κ1) is 29.1. The predicted molar refractivity (Wildman–Crippen MR) is 165 cm³/mol. The standard InChI is InChI=1S/C34H40FN5O3/c1-24-23-27(11-16-36-24)25(2)37-17-12-26(13-18-37)33(41)38-19-14-29(15-20-38)40-32-6-4-3-5-31(32)39(34(40)42)21-22-43-30-9-7-28(35)8-10-30/h3-11,16,23,25-26,29H,12-15,17-22H2,1-2H3. The van der Waals surface area contributed by atoms with Gasteiger partial charge in [-0.2, -0.15) is 0 Å². The highest BCUT2D eigenvalue weighted by Gasteiger charge is 2.33. The number of amides is 1. The maximum Gasteiger partial charge on any atom is 0.329 e. The first-order chi connectivity index (χ1) is 20.9. The Labute approximate surface area is 251 Å². The minimum atomic E-state index is -0.313. The molecule has 2 saturated heterocycles. The number of likely N-dealkylation sites (tertiary alicyclic amines) is 2. The zero-order valence-corrected chi connectivity index (χ0v) is 25.0. The maximum atomic E-state index is 13.7. The van der Waals surface area contributed by atoms with Gasteiger partial charge in [-0.3, -0.25) is 23.8 Å². The van der Waals surface area contributed by atoms with Crippen LogP contribution in [0.2, 0.25) is 0 Å². The van der Waals surface area contributed by atoms with Crippen LogP contribution in [-0.2, 0) is 11.3 Å². The number of hydrogen-bond donors (Lipinski definition) is 0. The predicted octanol–water partition coefficient (Wildman–Crippen LogP) is 5.36. The Morgan fingerprint density at radius 1 is 0.977 bits per heavy atom.